The van der Waals surface area contributed by atoms with Gasteiger partial charge in [-0.15, -0.1) is 0 Å². The van der Waals surface area contributed by atoms with Crippen LogP contribution >= 0.6 is 0 Å². The summed E-state index contributed by atoms with van der Waals surface area (Å²) < 4.78 is 5.66. The molecule has 0 aliphatic heterocycles. The number of para-hydroxylation sites is 1. The fraction of sp³-hybridized carbons (Fsp3) is 0.200. The molecule has 1 amide bonds. The van der Waals surface area contributed by atoms with Gasteiger partial charge in [0.05, 0.1) is 17.6 Å². The Morgan fingerprint density at radius 3 is 2.75 bits per heavy atom. The van der Waals surface area contributed by atoms with Crippen molar-refractivity contribution in [2.45, 2.75) is 13.8 Å². The maximum absolute atomic E-state index is 12.5. The minimum absolute atomic E-state index is 0.107. The van der Waals surface area contributed by atoms with Crippen LogP contribution in [0.2, 0.25) is 0 Å². The molecule has 0 saturated heterocycles. The van der Waals surface area contributed by atoms with Crippen molar-refractivity contribution in [3.8, 4) is 5.75 Å². The van der Waals surface area contributed by atoms with Crippen molar-refractivity contribution in [2.24, 2.45) is 0 Å². The molecule has 1 N–H and O–H groups in total. The molecule has 0 radical (unpaired) electrons. The van der Waals surface area contributed by atoms with Gasteiger partial charge in [-0.2, -0.15) is 0 Å². The van der Waals surface area contributed by atoms with Crippen LogP contribution in [0.25, 0.3) is 10.9 Å². The van der Waals surface area contributed by atoms with Gasteiger partial charge in [0.2, 0.25) is 0 Å². The van der Waals surface area contributed by atoms with Gasteiger partial charge >= 0.3 is 0 Å². The van der Waals surface area contributed by atoms with E-state index in [2.05, 4.69) is 10.3 Å². The highest BCUT2D eigenvalue weighted by atomic mass is 16.5. The highest BCUT2D eigenvalue weighted by Crippen LogP contribution is 2.18. The average molecular weight is 320 g/mol. The number of ether oxygens (including phenoxy) is 1. The first-order chi connectivity index (χ1) is 11.6. The van der Waals surface area contributed by atoms with Gasteiger partial charge in [-0.25, -0.2) is 0 Å². The number of aryl methyl sites for hydroxylation is 2. The monoisotopic (exact) mass is 320 g/mol. The zero-order chi connectivity index (χ0) is 16.9. The largest absolute Gasteiger partial charge is 0.492 e. The van der Waals surface area contributed by atoms with E-state index in [0.29, 0.717) is 18.7 Å². The molecule has 3 rings (SSSR count). The first kappa shape index (κ1) is 16.0. The standard InChI is InChI=1S/C20H20N2O2/c1-14-6-5-7-16(12-14)24-11-10-21-20(23)18-13-15(2)22-19-9-4-3-8-17(18)19/h3-9,12-13H,10-11H2,1-2H3,(H,21,23). The lowest BCUT2D eigenvalue weighted by Gasteiger charge is -2.10. The van der Waals surface area contributed by atoms with Crippen LogP contribution < -0.4 is 10.1 Å². The number of rotatable bonds is 5. The lowest BCUT2D eigenvalue weighted by molar-refractivity contribution is 0.0948. The van der Waals surface area contributed by atoms with Crippen molar-refractivity contribution in [3.63, 3.8) is 0 Å². The number of hydrogen-bond donors (Lipinski definition) is 1. The Morgan fingerprint density at radius 1 is 1.08 bits per heavy atom. The number of nitrogens with one attached hydrogen (secondary N) is 1. The molecule has 0 aliphatic rings. The first-order valence-corrected chi connectivity index (χ1v) is 7.97. The van der Waals surface area contributed by atoms with Gasteiger partial charge < -0.3 is 10.1 Å². The Morgan fingerprint density at radius 2 is 1.92 bits per heavy atom. The third kappa shape index (κ3) is 3.71. The molecule has 2 aromatic carbocycles. The Balaban J connectivity index is 1.63. The van der Waals surface area contributed by atoms with Gasteiger partial charge in [0.15, 0.2) is 0 Å². The molecule has 3 aromatic rings. The van der Waals surface area contributed by atoms with E-state index in [9.17, 15) is 4.79 Å². The second kappa shape index (κ2) is 7.13. The van der Waals surface area contributed by atoms with Crippen LogP contribution in [0.4, 0.5) is 0 Å². The predicted octanol–water partition coefficient (Wildman–Crippen LogP) is 3.66. The van der Waals surface area contributed by atoms with E-state index in [0.717, 1.165) is 27.9 Å². The Bertz CT molecular complexity index is 874. The maximum atomic E-state index is 12.5. The van der Waals surface area contributed by atoms with E-state index in [1.54, 1.807) is 0 Å². The van der Waals surface area contributed by atoms with E-state index in [1.165, 1.54) is 0 Å². The van der Waals surface area contributed by atoms with Crippen LogP contribution in [0.1, 0.15) is 21.6 Å². The number of nitrogens with zero attached hydrogens (tertiary/aromatic N) is 1. The van der Waals surface area contributed by atoms with E-state index >= 15 is 0 Å². The van der Waals surface area contributed by atoms with Gasteiger partial charge in [-0.3, -0.25) is 9.78 Å². The second-order valence-electron chi connectivity index (χ2n) is 5.75. The summed E-state index contributed by atoms with van der Waals surface area (Å²) in [4.78, 5) is 16.9. The van der Waals surface area contributed by atoms with Crippen LogP contribution in [0.3, 0.4) is 0 Å². The summed E-state index contributed by atoms with van der Waals surface area (Å²) in [5.41, 5.74) is 3.46. The van der Waals surface area contributed by atoms with E-state index < -0.39 is 0 Å². The molecule has 0 bridgehead atoms. The van der Waals surface area contributed by atoms with E-state index in [-0.39, 0.29) is 5.91 Å². The topological polar surface area (TPSA) is 51.2 Å². The summed E-state index contributed by atoms with van der Waals surface area (Å²) in [6, 6.07) is 17.3. The zero-order valence-corrected chi connectivity index (χ0v) is 13.9. The molecule has 0 aliphatic carbocycles. The van der Waals surface area contributed by atoms with Crippen LogP contribution in [0.15, 0.2) is 54.6 Å². The summed E-state index contributed by atoms with van der Waals surface area (Å²) in [7, 11) is 0. The number of carbonyl (C=O) groups excluding carboxylic acids is 1. The highest BCUT2D eigenvalue weighted by molar-refractivity contribution is 6.06. The van der Waals surface area contributed by atoms with Crippen molar-refractivity contribution in [1.29, 1.82) is 0 Å². The first-order valence-electron chi connectivity index (χ1n) is 7.97. The fourth-order valence-electron chi connectivity index (χ4n) is 2.63. The molecule has 0 unspecified atom stereocenters. The summed E-state index contributed by atoms with van der Waals surface area (Å²) >= 11 is 0. The third-order valence-electron chi connectivity index (χ3n) is 3.73. The molecule has 4 heteroatoms. The number of fused-ring (bicyclic) bond motifs is 1. The van der Waals surface area contributed by atoms with Crippen molar-refractivity contribution >= 4 is 16.8 Å². The highest BCUT2D eigenvalue weighted by Gasteiger charge is 2.11. The van der Waals surface area contributed by atoms with E-state index in [4.69, 9.17) is 4.74 Å². The molecule has 0 saturated carbocycles. The van der Waals surface area contributed by atoms with Crippen molar-refractivity contribution in [3.05, 3.63) is 71.4 Å². The predicted molar refractivity (Wildman–Crippen MR) is 95.5 cm³/mol. The molecule has 24 heavy (non-hydrogen) atoms. The van der Waals surface area contributed by atoms with Crippen molar-refractivity contribution < 1.29 is 9.53 Å². The molecular formula is C20H20N2O2. The van der Waals surface area contributed by atoms with Crippen LogP contribution in [-0.2, 0) is 0 Å². The zero-order valence-electron chi connectivity index (χ0n) is 13.9. The number of pyridine rings is 1. The normalized spacial score (nSPS) is 10.6. The summed E-state index contributed by atoms with van der Waals surface area (Å²) in [6.07, 6.45) is 0. The lowest BCUT2D eigenvalue weighted by atomic mass is 10.1. The molecule has 0 atom stereocenters. The minimum atomic E-state index is -0.107. The van der Waals surface area contributed by atoms with Gasteiger partial charge in [0.25, 0.3) is 5.91 Å². The Labute approximate surface area is 141 Å². The van der Waals surface area contributed by atoms with Gasteiger partial charge in [0.1, 0.15) is 12.4 Å². The molecule has 1 heterocycles. The number of benzene rings is 2. The molecular weight excluding hydrogens is 300 g/mol. The van der Waals surface area contributed by atoms with Gasteiger partial charge in [-0.05, 0) is 43.7 Å². The molecule has 4 nitrogen and oxygen atoms in total. The van der Waals surface area contributed by atoms with E-state index in [1.807, 2.05) is 68.4 Å². The molecule has 0 fully saturated rings. The fourth-order valence-corrected chi connectivity index (χ4v) is 2.63. The lowest BCUT2D eigenvalue weighted by Crippen LogP contribution is -2.28. The Hall–Kier alpha value is -2.88. The minimum Gasteiger partial charge on any atom is -0.492 e. The van der Waals surface area contributed by atoms with Crippen molar-refractivity contribution in [2.75, 3.05) is 13.2 Å². The van der Waals surface area contributed by atoms with Crippen LogP contribution in [0.5, 0.6) is 5.75 Å². The average Bonchev–Trinajstić information content (AvgIpc) is 2.58. The smallest absolute Gasteiger partial charge is 0.252 e. The molecule has 1 aromatic heterocycles. The van der Waals surface area contributed by atoms with Crippen LogP contribution in [-0.4, -0.2) is 24.0 Å². The Kier molecular flexibility index (Phi) is 4.75. The number of amides is 1. The second-order valence-corrected chi connectivity index (χ2v) is 5.75. The number of carbonyl (C=O) groups is 1. The SMILES string of the molecule is Cc1cccc(OCCNC(=O)c2cc(C)nc3ccccc23)c1. The number of aromatic nitrogens is 1. The summed E-state index contributed by atoms with van der Waals surface area (Å²) in [5, 5.41) is 3.77. The van der Waals surface area contributed by atoms with Crippen molar-refractivity contribution in [1.82, 2.24) is 10.3 Å². The summed E-state index contributed by atoms with van der Waals surface area (Å²) in [5.74, 6) is 0.707. The van der Waals surface area contributed by atoms with Crippen LogP contribution in [0, 0.1) is 13.8 Å². The van der Waals surface area contributed by atoms with Gasteiger partial charge in [0, 0.05) is 11.1 Å². The maximum Gasteiger partial charge on any atom is 0.252 e. The summed E-state index contributed by atoms with van der Waals surface area (Å²) in [6.45, 7) is 4.79. The third-order valence-corrected chi connectivity index (χ3v) is 3.73. The number of hydrogen-bond acceptors (Lipinski definition) is 3. The quantitative estimate of drug-likeness (QED) is 0.730. The van der Waals surface area contributed by atoms with Gasteiger partial charge in [-0.1, -0.05) is 30.3 Å². The molecule has 0 spiro atoms. The molecule has 122 valence electrons.